The van der Waals surface area contributed by atoms with Gasteiger partial charge < -0.3 is 9.64 Å². The van der Waals surface area contributed by atoms with Gasteiger partial charge in [0.05, 0.1) is 24.2 Å². The predicted molar refractivity (Wildman–Crippen MR) is 175 cm³/mol. The van der Waals surface area contributed by atoms with Crippen LogP contribution in [0.5, 0.6) is 5.75 Å². The number of carbonyl (C=O) groups excluding carboxylic acids is 2. The van der Waals surface area contributed by atoms with Gasteiger partial charge in [0.25, 0.3) is 5.91 Å². The van der Waals surface area contributed by atoms with Crippen LogP contribution >= 0.6 is 23.2 Å². The zero-order valence-electron chi connectivity index (χ0n) is 24.7. The molecule has 10 heteroatoms. The molecule has 6 rings (SSSR count). The Balaban J connectivity index is 1.34. The number of halogens is 2. The first-order chi connectivity index (χ1) is 21.9. The highest BCUT2D eigenvalue weighted by Crippen LogP contribution is 2.31. The van der Waals surface area contributed by atoms with E-state index in [1.807, 2.05) is 27.8 Å². The fourth-order valence-corrected chi connectivity index (χ4v) is 6.17. The molecule has 1 aliphatic rings. The summed E-state index contributed by atoms with van der Waals surface area (Å²) in [5, 5.41) is 5.85. The van der Waals surface area contributed by atoms with Crippen molar-refractivity contribution < 1.29 is 14.3 Å². The van der Waals surface area contributed by atoms with Gasteiger partial charge in [0.1, 0.15) is 5.75 Å². The van der Waals surface area contributed by atoms with E-state index >= 15 is 0 Å². The van der Waals surface area contributed by atoms with Gasteiger partial charge in [-0.1, -0.05) is 54.2 Å². The highest BCUT2D eigenvalue weighted by molar-refractivity contribution is 6.32. The molecule has 2 heterocycles. The lowest BCUT2D eigenvalue weighted by Crippen LogP contribution is -2.41. The van der Waals surface area contributed by atoms with Gasteiger partial charge in [-0.05, 0) is 73.5 Å². The molecule has 1 saturated carbocycles. The Bertz CT molecular complexity index is 1820. The van der Waals surface area contributed by atoms with Crippen molar-refractivity contribution in [2.75, 3.05) is 13.7 Å². The van der Waals surface area contributed by atoms with Gasteiger partial charge in [-0.3, -0.25) is 14.6 Å². The molecule has 0 saturated heterocycles. The van der Waals surface area contributed by atoms with E-state index in [2.05, 4.69) is 4.98 Å². The first-order valence-corrected chi connectivity index (χ1v) is 15.6. The normalized spacial score (nSPS) is 13.1. The number of ether oxygens (including phenoxy) is 1. The summed E-state index contributed by atoms with van der Waals surface area (Å²) in [7, 11) is 1.57. The van der Waals surface area contributed by atoms with E-state index in [1.54, 1.807) is 80.2 Å². The summed E-state index contributed by atoms with van der Waals surface area (Å²) in [5.41, 5.74) is 2.81. The second kappa shape index (κ2) is 13.6. The molecule has 3 aromatic carbocycles. The molecule has 0 aliphatic heterocycles. The van der Waals surface area contributed by atoms with E-state index in [9.17, 15) is 9.59 Å². The maximum Gasteiger partial charge on any atom is 0.254 e. The lowest BCUT2D eigenvalue weighted by Gasteiger charge is -2.30. The minimum Gasteiger partial charge on any atom is -0.495 e. The van der Waals surface area contributed by atoms with E-state index in [1.165, 1.54) is 0 Å². The van der Waals surface area contributed by atoms with Crippen LogP contribution in [0.15, 0.2) is 91.3 Å². The summed E-state index contributed by atoms with van der Waals surface area (Å²) < 4.78 is 7.16. The molecular formula is C35H31Cl2N5O3. The number of aromatic nitrogens is 4. The topological polar surface area (TPSA) is 90.2 Å². The number of amides is 1. The summed E-state index contributed by atoms with van der Waals surface area (Å²) in [4.78, 5) is 38.8. The molecule has 0 spiro atoms. The zero-order chi connectivity index (χ0) is 31.3. The first kappa shape index (κ1) is 30.5. The van der Waals surface area contributed by atoms with Gasteiger partial charge >= 0.3 is 0 Å². The number of nitrogens with zero attached hydrogens (tertiary/aromatic N) is 5. The third-order valence-corrected chi connectivity index (χ3v) is 8.66. The molecule has 0 atom stereocenters. The second-order valence-electron chi connectivity index (χ2n) is 10.9. The van der Waals surface area contributed by atoms with Gasteiger partial charge in [0.2, 0.25) is 0 Å². The Hall–Kier alpha value is -4.53. The molecule has 0 bridgehead atoms. The fraction of sp³-hybridized carbons (Fsp3) is 0.229. The minimum absolute atomic E-state index is 0.0539. The summed E-state index contributed by atoms with van der Waals surface area (Å²) >= 11 is 12.5. The number of rotatable bonds is 10. The highest BCUT2D eigenvalue weighted by atomic mass is 35.5. The van der Waals surface area contributed by atoms with Crippen molar-refractivity contribution >= 4 is 34.9 Å². The fourth-order valence-electron chi connectivity index (χ4n) is 5.79. The van der Waals surface area contributed by atoms with Crippen LogP contribution in [-0.2, 0) is 6.54 Å². The summed E-state index contributed by atoms with van der Waals surface area (Å²) in [6.45, 7) is 0.760. The second-order valence-corrected chi connectivity index (χ2v) is 11.7. The number of methoxy groups -OCH3 is 1. The molecule has 8 nitrogen and oxygen atoms in total. The van der Waals surface area contributed by atoms with Gasteiger partial charge in [-0.15, -0.1) is 0 Å². The standard InChI is InChI=1S/C35H31Cl2N5O3/c1-45-31-15-12-25(22-30(31)37)34-39-33(24-16-18-38-19-17-24)40-42(34)21-20-41(27-6-2-3-7-27)35(44)29-9-5-4-8-28(29)32(43)23-10-13-26(36)14-11-23/h4-5,8-19,22,27H,2-3,6-7,20-21H2,1H3. The van der Waals surface area contributed by atoms with Crippen molar-refractivity contribution in [1.82, 2.24) is 24.6 Å². The quantitative estimate of drug-likeness (QED) is 0.146. The van der Waals surface area contributed by atoms with Crippen LogP contribution in [0.25, 0.3) is 22.8 Å². The van der Waals surface area contributed by atoms with E-state index in [0.29, 0.717) is 57.2 Å². The third kappa shape index (κ3) is 6.62. The molecule has 0 radical (unpaired) electrons. The van der Waals surface area contributed by atoms with Crippen molar-refractivity contribution in [3.63, 3.8) is 0 Å². The molecule has 5 aromatic rings. The van der Waals surface area contributed by atoms with E-state index in [0.717, 1.165) is 36.8 Å². The number of carbonyl (C=O) groups is 2. The minimum atomic E-state index is -0.223. The van der Waals surface area contributed by atoms with Crippen LogP contribution < -0.4 is 4.74 Å². The van der Waals surface area contributed by atoms with E-state index < -0.39 is 0 Å². The molecule has 0 N–H and O–H groups in total. The van der Waals surface area contributed by atoms with Crippen LogP contribution in [-0.4, -0.2) is 56.0 Å². The van der Waals surface area contributed by atoms with E-state index in [4.69, 9.17) is 38.0 Å². The van der Waals surface area contributed by atoms with Crippen LogP contribution in [0.1, 0.15) is 52.0 Å². The molecule has 228 valence electrons. The third-order valence-electron chi connectivity index (χ3n) is 8.11. The lowest BCUT2D eigenvalue weighted by atomic mass is 9.97. The Morgan fingerprint density at radius 1 is 0.911 bits per heavy atom. The maximum absolute atomic E-state index is 14.3. The molecule has 0 unspecified atom stereocenters. The first-order valence-electron chi connectivity index (χ1n) is 14.8. The number of pyridine rings is 1. The predicted octanol–water partition coefficient (Wildman–Crippen LogP) is 7.64. The van der Waals surface area contributed by atoms with Crippen LogP contribution in [0.2, 0.25) is 10.0 Å². The van der Waals surface area contributed by atoms with Crippen molar-refractivity contribution in [3.05, 3.63) is 118 Å². The Morgan fingerprint density at radius 2 is 1.62 bits per heavy atom. The highest BCUT2D eigenvalue weighted by Gasteiger charge is 2.30. The van der Waals surface area contributed by atoms with Crippen molar-refractivity contribution in [3.8, 4) is 28.5 Å². The van der Waals surface area contributed by atoms with E-state index in [-0.39, 0.29) is 17.7 Å². The SMILES string of the molecule is COc1ccc(-c2nc(-c3ccncc3)nn2CCN(C(=O)c2ccccc2C(=O)c2ccc(Cl)cc2)C2CCCC2)cc1Cl. The molecular weight excluding hydrogens is 609 g/mol. The molecule has 2 aromatic heterocycles. The number of ketones is 1. The smallest absolute Gasteiger partial charge is 0.254 e. The van der Waals surface area contributed by atoms with Gasteiger partial charge in [-0.25, -0.2) is 9.67 Å². The average Bonchev–Trinajstić information content (AvgIpc) is 3.76. The monoisotopic (exact) mass is 639 g/mol. The Morgan fingerprint density at radius 3 is 2.31 bits per heavy atom. The van der Waals surface area contributed by atoms with Gasteiger partial charge in [-0.2, -0.15) is 5.10 Å². The average molecular weight is 641 g/mol. The summed E-state index contributed by atoms with van der Waals surface area (Å²) in [5.74, 6) is 1.31. The van der Waals surface area contributed by atoms with Crippen LogP contribution in [0.4, 0.5) is 0 Å². The van der Waals surface area contributed by atoms with Crippen LogP contribution in [0.3, 0.4) is 0 Å². The van der Waals surface area contributed by atoms with Crippen molar-refractivity contribution in [2.24, 2.45) is 0 Å². The van der Waals surface area contributed by atoms with Crippen molar-refractivity contribution in [1.29, 1.82) is 0 Å². The number of benzene rings is 3. The largest absolute Gasteiger partial charge is 0.495 e. The number of hydrogen-bond acceptors (Lipinski definition) is 6. The van der Waals surface area contributed by atoms with Gasteiger partial charge in [0, 0.05) is 52.3 Å². The number of hydrogen-bond donors (Lipinski definition) is 0. The van der Waals surface area contributed by atoms with Gasteiger partial charge in [0.15, 0.2) is 17.4 Å². The van der Waals surface area contributed by atoms with Crippen LogP contribution in [0, 0.1) is 0 Å². The molecule has 1 aliphatic carbocycles. The molecule has 1 amide bonds. The Kier molecular flexibility index (Phi) is 9.23. The molecule has 45 heavy (non-hydrogen) atoms. The maximum atomic E-state index is 14.3. The van der Waals surface area contributed by atoms with Crippen molar-refractivity contribution in [2.45, 2.75) is 38.3 Å². The lowest BCUT2D eigenvalue weighted by molar-refractivity contribution is 0.0668. The Labute approximate surface area is 271 Å². The zero-order valence-corrected chi connectivity index (χ0v) is 26.2. The summed E-state index contributed by atoms with van der Waals surface area (Å²) in [6, 6.07) is 23.0. The summed E-state index contributed by atoms with van der Waals surface area (Å²) in [6.07, 6.45) is 7.29. The molecule has 1 fully saturated rings.